The number of rotatable bonds is 3. The molecule has 0 radical (unpaired) electrons. The molecule has 6 heteroatoms. The highest BCUT2D eigenvalue weighted by molar-refractivity contribution is 7.16. The molecular formula is C16H20N2O3S. The highest BCUT2D eigenvalue weighted by atomic mass is 32.1. The third-order valence-electron chi connectivity index (χ3n) is 3.33. The lowest BCUT2D eigenvalue weighted by Crippen LogP contribution is -2.23. The SMILES string of the molecule is COC(=O)Cn1c(=NC(=O)C(C)C)sc2c(C)cc(C)cc21. The molecule has 0 atom stereocenters. The van der Waals surface area contributed by atoms with Gasteiger partial charge in [-0.1, -0.05) is 31.3 Å². The summed E-state index contributed by atoms with van der Waals surface area (Å²) < 4.78 is 7.55. The van der Waals surface area contributed by atoms with E-state index in [4.69, 9.17) is 4.74 Å². The molecule has 0 aliphatic carbocycles. The van der Waals surface area contributed by atoms with Crippen LogP contribution in [0.5, 0.6) is 0 Å². The van der Waals surface area contributed by atoms with E-state index in [2.05, 4.69) is 11.1 Å². The molecule has 0 aliphatic rings. The number of benzene rings is 1. The molecular weight excluding hydrogens is 300 g/mol. The fourth-order valence-electron chi connectivity index (χ4n) is 2.17. The van der Waals surface area contributed by atoms with Gasteiger partial charge in [0.15, 0.2) is 4.80 Å². The highest BCUT2D eigenvalue weighted by Crippen LogP contribution is 2.23. The molecule has 1 aromatic carbocycles. The van der Waals surface area contributed by atoms with Crippen LogP contribution in [0.3, 0.4) is 0 Å². The summed E-state index contributed by atoms with van der Waals surface area (Å²) in [6, 6.07) is 4.08. The van der Waals surface area contributed by atoms with E-state index in [0.29, 0.717) is 4.80 Å². The van der Waals surface area contributed by atoms with Crippen molar-refractivity contribution in [2.24, 2.45) is 10.9 Å². The van der Waals surface area contributed by atoms with Crippen molar-refractivity contribution in [1.29, 1.82) is 0 Å². The Morgan fingerprint density at radius 1 is 1.32 bits per heavy atom. The van der Waals surface area contributed by atoms with Crippen LogP contribution < -0.4 is 4.80 Å². The second-order valence-electron chi connectivity index (χ2n) is 5.58. The summed E-state index contributed by atoms with van der Waals surface area (Å²) in [6.07, 6.45) is 0. The number of fused-ring (bicyclic) bond motifs is 1. The van der Waals surface area contributed by atoms with Gasteiger partial charge in [-0.05, 0) is 31.0 Å². The fourth-order valence-corrected chi connectivity index (χ4v) is 3.25. The second kappa shape index (κ2) is 6.44. The number of aryl methyl sites for hydroxylation is 2. The zero-order valence-corrected chi connectivity index (χ0v) is 14.3. The molecule has 0 saturated carbocycles. The summed E-state index contributed by atoms with van der Waals surface area (Å²) in [7, 11) is 1.35. The lowest BCUT2D eigenvalue weighted by molar-refractivity contribution is -0.141. The Labute approximate surface area is 133 Å². The van der Waals surface area contributed by atoms with E-state index in [1.54, 1.807) is 18.4 Å². The molecule has 2 rings (SSSR count). The zero-order valence-electron chi connectivity index (χ0n) is 13.5. The first kappa shape index (κ1) is 16.4. The first-order chi connectivity index (χ1) is 10.3. The average molecular weight is 320 g/mol. The number of methoxy groups -OCH3 is 1. The summed E-state index contributed by atoms with van der Waals surface area (Å²) in [6.45, 7) is 7.67. The van der Waals surface area contributed by atoms with Crippen molar-refractivity contribution < 1.29 is 14.3 Å². The number of thiazole rings is 1. The number of ether oxygens (including phenoxy) is 1. The van der Waals surface area contributed by atoms with Crippen molar-refractivity contribution >= 4 is 33.4 Å². The molecule has 1 heterocycles. The maximum Gasteiger partial charge on any atom is 0.325 e. The van der Waals surface area contributed by atoms with Gasteiger partial charge in [-0.25, -0.2) is 0 Å². The van der Waals surface area contributed by atoms with E-state index in [9.17, 15) is 9.59 Å². The molecule has 0 fully saturated rings. The number of nitrogens with zero attached hydrogens (tertiary/aromatic N) is 2. The van der Waals surface area contributed by atoms with Crippen molar-refractivity contribution in [2.75, 3.05) is 7.11 Å². The number of aromatic nitrogens is 1. The van der Waals surface area contributed by atoms with Gasteiger partial charge in [-0.3, -0.25) is 9.59 Å². The van der Waals surface area contributed by atoms with E-state index in [-0.39, 0.29) is 24.3 Å². The van der Waals surface area contributed by atoms with Crippen LogP contribution in [0.15, 0.2) is 17.1 Å². The van der Waals surface area contributed by atoms with Crippen molar-refractivity contribution in [1.82, 2.24) is 4.57 Å². The van der Waals surface area contributed by atoms with E-state index >= 15 is 0 Å². The molecule has 22 heavy (non-hydrogen) atoms. The van der Waals surface area contributed by atoms with Gasteiger partial charge in [-0.15, -0.1) is 0 Å². The standard InChI is InChI=1S/C16H20N2O3S/c1-9(2)15(20)17-16-18(8-13(19)21-5)12-7-10(3)6-11(4)14(12)22-16/h6-7,9H,8H2,1-5H3. The van der Waals surface area contributed by atoms with Gasteiger partial charge in [0.05, 0.1) is 17.3 Å². The number of esters is 1. The predicted molar refractivity (Wildman–Crippen MR) is 86.7 cm³/mol. The Morgan fingerprint density at radius 3 is 2.59 bits per heavy atom. The number of hydrogen-bond donors (Lipinski definition) is 0. The summed E-state index contributed by atoms with van der Waals surface area (Å²) in [4.78, 5) is 28.4. The van der Waals surface area contributed by atoms with Crippen LogP contribution in [0.4, 0.5) is 0 Å². The largest absolute Gasteiger partial charge is 0.468 e. The molecule has 0 unspecified atom stereocenters. The van der Waals surface area contributed by atoms with Crippen LogP contribution >= 0.6 is 11.3 Å². The Hall–Kier alpha value is -1.95. The second-order valence-corrected chi connectivity index (χ2v) is 6.56. The lowest BCUT2D eigenvalue weighted by Gasteiger charge is -2.05. The third kappa shape index (κ3) is 3.27. The van der Waals surface area contributed by atoms with Gasteiger partial charge in [0.1, 0.15) is 6.54 Å². The van der Waals surface area contributed by atoms with E-state index in [1.165, 1.54) is 18.4 Å². The number of carbonyl (C=O) groups excluding carboxylic acids is 2. The average Bonchev–Trinajstić information content (AvgIpc) is 2.77. The fraction of sp³-hybridized carbons (Fsp3) is 0.438. The zero-order chi connectivity index (χ0) is 16.4. The third-order valence-corrected chi connectivity index (χ3v) is 4.56. The number of amides is 1. The quantitative estimate of drug-likeness (QED) is 0.817. The van der Waals surface area contributed by atoms with Gasteiger partial charge in [-0.2, -0.15) is 4.99 Å². The highest BCUT2D eigenvalue weighted by Gasteiger charge is 2.14. The van der Waals surface area contributed by atoms with Crippen molar-refractivity contribution in [3.05, 3.63) is 28.1 Å². The van der Waals surface area contributed by atoms with E-state index in [0.717, 1.165) is 21.3 Å². The van der Waals surface area contributed by atoms with Gasteiger partial charge in [0.2, 0.25) is 0 Å². The number of carbonyl (C=O) groups is 2. The van der Waals surface area contributed by atoms with Crippen LogP contribution in [0, 0.1) is 19.8 Å². The lowest BCUT2D eigenvalue weighted by atomic mass is 10.1. The Bertz CT molecular complexity index is 800. The summed E-state index contributed by atoms with van der Waals surface area (Å²) in [5.41, 5.74) is 3.11. The van der Waals surface area contributed by atoms with Crippen LogP contribution in [0.1, 0.15) is 25.0 Å². The molecule has 0 saturated heterocycles. The van der Waals surface area contributed by atoms with E-state index in [1.807, 2.05) is 19.9 Å². The molecule has 0 bridgehead atoms. The van der Waals surface area contributed by atoms with E-state index < -0.39 is 0 Å². The monoisotopic (exact) mass is 320 g/mol. The molecule has 2 aromatic rings. The Balaban J connectivity index is 2.74. The summed E-state index contributed by atoms with van der Waals surface area (Å²) in [5.74, 6) is -0.739. The van der Waals surface area contributed by atoms with Gasteiger partial charge >= 0.3 is 5.97 Å². The topological polar surface area (TPSA) is 60.7 Å². The number of hydrogen-bond acceptors (Lipinski definition) is 4. The maximum absolute atomic E-state index is 12.0. The molecule has 1 amide bonds. The van der Waals surface area contributed by atoms with Gasteiger partial charge in [0.25, 0.3) is 5.91 Å². The molecule has 5 nitrogen and oxygen atoms in total. The minimum atomic E-state index is -0.364. The van der Waals surface area contributed by atoms with Gasteiger partial charge in [0, 0.05) is 5.92 Å². The smallest absolute Gasteiger partial charge is 0.325 e. The van der Waals surface area contributed by atoms with Crippen molar-refractivity contribution in [3.63, 3.8) is 0 Å². The van der Waals surface area contributed by atoms with Crippen LogP contribution in [-0.4, -0.2) is 23.6 Å². The molecule has 118 valence electrons. The predicted octanol–water partition coefficient (Wildman–Crippen LogP) is 2.58. The maximum atomic E-state index is 12.0. The van der Waals surface area contributed by atoms with Crippen LogP contribution in [-0.2, 0) is 20.9 Å². The van der Waals surface area contributed by atoms with Gasteiger partial charge < -0.3 is 9.30 Å². The van der Waals surface area contributed by atoms with Crippen molar-refractivity contribution in [3.8, 4) is 0 Å². The first-order valence-corrected chi connectivity index (χ1v) is 7.91. The normalized spacial score (nSPS) is 12.2. The van der Waals surface area contributed by atoms with Crippen molar-refractivity contribution in [2.45, 2.75) is 34.2 Å². The molecule has 0 N–H and O–H groups in total. The molecule has 0 spiro atoms. The Morgan fingerprint density at radius 2 is 2.00 bits per heavy atom. The minimum absolute atomic E-state index is 0.0452. The molecule has 1 aromatic heterocycles. The van der Waals surface area contributed by atoms with Crippen LogP contribution in [0.2, 0.25) is 0 Å². The van der Waals surface area contributed by atoms with Crippen LogP contribution in [0.25, 0.3) is 10.2 Å². The first-order valence-electron chi connectivity index (χ1n) is 7.09. The molecule has 0 aliphatic heterocycles. The summed E-state index contributed by atoms with van der Waals surface area (Å²) in [5, 5.41) is 0. The summed E-state index contributed by atoms with van der Waals surface area (Å²) >= 11 is 1.43. The Kier molecular flexibility index (Phi) is 4.81. The minimum Gasteiger partial charge on any atom is -0.468 e.